The highest BCUT2D eigenvalue weighted by Gasteiger charge is 1.98. The zero-order valence-electron chi connectivity index (χ0n) is 4.04. The molecule has 0 bridgehead atoms. The smallest absolute Gasteiger partial charge is 0.266 e. The van der Waals surface area contributed by atoms with E-state index in [1.54, 1.807) is 0 Å². The molecule has 0 radical (unpaired) electrons. The Kier molecular flexibility index (Phi) is 5.62. The first-order chi connectivity index (χ1) is 3.06. The van der Waals surface area contributed by atoms with E-state index in [4.69, 9.17) is 10.3 Å². The van der Waals surface area contributed by atoms with E-state index in [0.29, 0.717) is 0 Å². The maximum atomic E-state index is 9.71. The van der Waals surface area contributed by atoms with Gasteiger partial charge in [-0.05, 0) is 0 Å². The van der Waals surface area contributed by atoms with E-state index < -0.39 is 10.1 Å². The van der Waals surface area contributed by atoms with Gasteiger partial charge in [-0.2, -0.15) is 8.42 Å². The van der Waals surface area contributed by atoms with E-state index >= 15 is 0 Å². The third kappa shape index (κ3) is 9.48. The summed E-state index contributed by atoms with van der Waals surface area (Å²) in [5, 5.41) is 0. The Balaban J connectivity index is 0. The van der Waals surface area contributed by atoms with Gasteiger partial charge in [-0.1, -0.05) is 0 Å². The third-order valence-corrected chi connectivity index (χ3v) is 1.13. The minimum Gasteiger partial charge on any atom is -1.00 e. The van der Waals surface area contributed by atoms with Gasteiger partial charge in [0.25, 0.3) is 10.1 Å². The van der Waals surface area contributed by atoms with Crippen molar-refractivity contribution in [1.82, 2.24) is 0 Å². The molecule has 0 aliphatic carbocycles. The molecule has 0 aliphatic rings. The molecular formula is C2H7ClNO3S-. The lowest BCUT2D eigenvalue weighted by atomic mass is 10.8. The van der Waals surface area contributed by atoms with Gasteiger partial charge in [-0.3, -0.25) is 4.55 Å². The Bertz CT molecular complexity index is 130. The highest BCUT2D eigenvalue weighted by atomic mass is 35.5. The van der Waals surface area contributed by atoms with Gasteiger partial charge < -0.3 is 18.1 Å². The predicted molar refractivity (Wildman–Crippen MR) is 25.5 cm³/mol. The van der Waals surface area contributed by atoms with E-state index in [0.717, 1.165) is 0 Å². The summed E-state index contributed by atoms with van der Waals surface area (Å²) in [5.74, 6) is -0.354. The maximum Gasteiger partial charge on any atom is 0.266 e. The summed E-state index contributed by atoms with van der Waals surface area (Å²) in [7, 11) is -3.80. The van der Waals surface area contributed by atoms with Crippen molar-refractivity contribution in [1.29, 1.82) is 0 Å². The second kappa shape index (κ2) is 4.08. The lowest BCUT2D eigenvalue weighted by Gasteiger charge is -1.86. The topological polar surface area (TPSA) is 80.4 Å². The Morgan fingerprint density at radius 1 is 1.50 bits per heavy atom. The molecule has 0 heterocycles. The van der Waals surface area contributed by atoms with Crippen molar-refractivity contribution in [2.45, 2.75) is 0 Å². The van der Waals surface area contributed by atoms with Crippen molar-refractivity contribution in [3.63, 3.8) is 0 Å². The summed E-state index contributed by atoms with van der Waals surface area (Å²) >= 11 is 0. The number of halogens is 1. The second-order valence-electron chi connectivity index (χ2n) is 1.07. The van der Waals surface area contributed by atoms with Gasteiger partial charge in [0.1, 0.15) is 0 Å². The molecular weight excluding hydrogens is 154 g/mol. The van der Waals surface area contributed by atoms with Crippen molar-refractivity contribution in [3.05, 3.63) is 0 Å². The van der Waals surface area contributed by atoms with Crippen LogP contribution in [0.15, 0.2) is 0 Å². The summed E-state index contributed by atoms with van der Waals surface area (Å²) in [5.41, 5.74) is 4.78. The fourth-order valence-electron chi connectivity index (χ4n) is 0.149. The summed E-state index contributed by atoms with van der Waals surface area (Å²) in [6, 6.07) is 0. The molecule has 52 valence electrons. The number of hydrogen-bond donors (Lipinski definition) is 2. The van der Waals surface area contributed by atoms with Crippen LogP contribution < -0.4 is 18.1 Å². The molecule has 0 aromatic rings. The number of nitrogens with two attached hydrogens (primary N) is 1. The Morgan fingerprint density at radius 3 is 1.88 bits per heavy atom. The first-order valence-corrected chi connectivity index (χ1v) is 3.32. The highest BCUT2D eigenvalue weighted by Crippen LogP contribution is 1.74. The molecule has 0 aromatic carbocycles. The molecule has 4 nitrogen and oxygen atoms in total. The third-order valence-electron chi connectivity index (χ3n) is 0.376. The van der Waals surface area contributed by atoms with Crippen LogP contribution in [0.1, 0.15) is 0 Å². The van der Waals surface area contributed by atoms with Gasteiger partial charge in [0.15, 0.2) is 0 Å². The van der Waals surface area contributed by atoms with Gasteiger partial charge in [0.05, 0.1) is 5.75 Å². The zero-order valence-corrected chi connectivity index (χ0v) is 5.61. The van der Waals surface area contributed by atoms with E-state index in [1.165, 1.54) is 0 Å². The summed E-state index contributed by atoms with van der Waals surface area (Å²) in [6.07, 6.45) is 0. The van der Waals surface area contributed by atoms with Crippen LogP contribution in [0.4, 0.5) is 0 Å². The average Bonchev–Trinajstić information content (AvgIpc) is 1.30. The number of rotatable bonds is 2. The van der Waals surface area contributed by atoms with E-state index in [1.807, 2.05) is 0 Å². The van der Waals surface area contributed by atoms with Gasteiger partial charge in [-0.15, -0.1) is 0 Å². The maximum absolute atomic E-state index is 9.71. The molecule has 0 amide bonds. The fraction of sp³-hybridized carbons (Fsp3) is 1.00. The first kappa shape index (κ1) is 11.0. The standard InChI is InChI=1S/C2H7NO3S.ClH/c3-1-2-7(4,5)6;/h1-3H2,(H,4,5,6);1H/p-1. The van der Waals surface area contributed by atoms with E-state index in [9.17, 15) is 8.42 Å². The largest absolute Gasteiger partial charge is 1.00 e. The quantitative estimate of drug-likeness (QED) is 0.402. The monoisotopic (exact) mass is 160 g/mol. The molecule has 0 atom stereocenters. The van der Waals surface area contributed by atoms with Crippen LogP contribution in [0.5, 0.6) is 0 Å². The molecule has 0 aromatic heterocycles. The molecule has 3 N–H and O–H groups in total. The lowest BCUT2D eigenvalue weighted by Crippen LogP contribution is -3.00. The SMILES string of the molecule is NCCS(=O)(=O)O.[Cl-]. The molecule has 0 spiro atoms. The van der Waals surface area contributed by atoms with Crippen LogP contribution in [0.2, 0.25) is 0 Å². The van der Waals surface area contributed by atoms with Crippen molar-refractivity contribution in [2.24, 2.45) is 5.73 Å². The summed E-state index contributed by atoms with van der Waals surface area (Å²) in [6.45, 7) is -0.0289. The van der Waals surface area contributed by atoms with E-state index in [2.05, 4.69) is 0 Å². The molecule has 0 aliphatic heterocycles. The molecule has 8 heavy (non-hydrogen) atoms. The van der Waals surface area contributed by atoms with Crippen LogP contribution in [0, 0.1) is 0 Å². The highest BCUT2D eigenvalue weighted by molar-refractivity contribution is 7.85. The average molecular weight is 161 g/mol. The van der Waals surface area contributed by atoms with Gasteiger partial charge >= 0.3 is 0 Å². The molecule has 0 rings (SSSR count). The fourth-order valence-corrected chi connectivity index (χ4v) is 0.447. The minimum absolute atomic E-state index is 0. The Labute approximate surface area is 54.2 Å². The number of hydrogen-bond acceptors (Lipinski definition) is 3. The normalized spacial score (nSPS) is 10.2. The van der Waals surface area contributed by atoms with Crippen LogP contribution in [0.25, 0.3) is 0 Å². The van der Waals surface area contributed by atoms with E-state index in [-0.39, 0.29) is 24.7 Å². The molecule has 6 heteroatoms. The second-order valence-corrected chi connectivity index (χ2v) is 2.65. The minimum atomic E-state index is -3.80. The lowest BCUT2D eigenvalue weighted by molar-refractivity contribution is -0.00000584. The van der Waals surface area contributed by atoms with Gasteiger partial charge in [0, 0.05) is 6.54 Å². The van der Waals surface area contributed by atoms with Crippen LogP contribution in [0.3, 0.4) is 0 Å². The molecule has 0 fully saturated rings. The molecule has 0 unspecified atom stereocenters. The van der Waals surface area contributed by atoms with Crippen molar-refractivity contribution >= 4 is 10.1 Å². The van der Waals surface area contributed by atoms with Gasteiger partial charge in [0.2, 0.25) is 0 Å². The van der Waals surface area contributed by atoms with Crippen LogP contribution in [-0.4, -0.2) is 25.3 Å². The molecule has 0 saturated heterocycles. The van der Waals surface area contributed by atoms with Crippen molar-refractivity contribution < 1.29 is 25.4 Å². The first-order valence-electron chi connectivity index (χ1n) is 1.71. The van der Waals surface area contributed by atoms with Crippen LogP contribution in [-0.2, 0) is 10.1 Å². The van der Waals surface area contributed by atoms with Gasteiger partial charge in [-0.25, -0.2) is 0 Å². The molecule has 0 saturated carbocycles. The van der Waals surface area contributed by atoms with Crippen molar-refractivity contribution in [2.75, 3.05) is 12.3 Å². The predicted octanol–water partition coefficient (Wildman–Crippen LogP) is -4.16. The van der Waals surface area contributed by atoms with Crippen molar-refractivity contribution in [3.8, 4) is 0 Å². The summed E-state index contributed by atoms with van der Waals surface area (Å²) < 4.78 is 27.3. The Hall–Kier alpha value is 0.160. The summed E-state index contributed by atoms with van der Waals surface area (Å²) in [4.78, 5) is 0. The van der Waals surface area contributed by atoms with Crippen LogP contribution >= 0.6 is 0 Å². The Morgan fingerprint density at radius 2 is 1.88 bits per heavy atom. The zero-order chi connectivity index (χ0) is 5.91.